The summed E-state index contributed by atoms with van der Waals surface area (Å²) in [5.41, 5.74) is 6.68. The fraction of sp³-hybridized carbons (Fsp3) is 0.172. The molecule has 3 aromatic carbocycles. The Balaban J connectivity index is 1.61. The van der Waals surface area contributed by atoms with Crippen molar-refractivity contribution in [3.63, 3.8) is 0 Å². The van der Waals surface area contributed by atoms with Gasteiger partial charge in [-0.2, -0.15) is 5.10 Å². The van der Waals surface area contributed by atoms with Crippen LogP contribution in [-0.4, -0.2) is 38.8 Å². The number of carbonyl (C=O) groups is 1. The highest BCUT2D eigenvalue weighted by molar-refractivity contribution is 7.92. The smallest absolute Gasteiger partial charge is 0.264 e. The molecule has 0 atom stereocenters. The standard InChI is InChI=1S/C29H28Cl2N4O4S/c1-19-13-14-27(39-4)26(15-19)34(40(37,38)23-9-6-5-7-10-23)18-28(36)33-32-17-22-16-20(2)35(21(22)3)25-12-8-11-24(30)29(25)31/h5-17H,18H2,1-4H3,(H,33,36)/b32-17-. The fourth-order valence-corrected chi connectivity index (χ4v) is 6.13. The van der Waals surface area contributed by atoms with Crippen molar-refractivity contribution >= 4 is 51.0 Å². The predicted octanol–water partition coefficient (Wildman–Crippen LogP) is 6.06. The van der Waals surface area contributed by atoms with Gasteiger partial charge >= 0.3 is 0 Å². The molecule has 4 rings (SSSR count). The number of halogens is 2. The highest BCUT2D eigenvalue weighted by Crippen LogP contribution is 2.34. The molecule has 0 fully saturated rings. The largest absolute Gasteiger partial charge is 0.495 e. The summed E-state index contributed by atoms with van der Waals surface area (Å²) in [6.45, 7) is 5.12. The van der Waals surface area contributed by atoms with Gasteiger partial charge in [-0.05, 0) is 68.8 Å². The molecule has 0 aliphatic carbocycles. The van der Waals surface area contributed by atoms with Crippen LogP contribution in [0.1, 0.15) is 22.5 Å². The van der Waals surface area contributed by atoms with Crippen LogP contribution in [0.3, 0.4) is 0 Å². The van der Waals surface area contributed by atoms with Crippen LogP contribution in [0.25, 0.3) is 5.69 Å². The maximum Gasteiger partial charge on any atom is 0.264 e. The third-order valence-corrected chi connectivity index (χ3v) is 8.84. The van der Waals surface area contributed by atoms with E-state index in [2.05, 4.69) is 10.5 Å². The van der Waals surface area contributed by atoms with Crippen molar-refractivity contribution in [2.45, 2.75) is 25.7 Å². The lowest BCUT2D eigenvalue weighted by Gasteiger charge is -2.25. The topological polar surface area (TPSA) is 93.0 Å². The van der Waals surface area contributed by atoms with Gasteiger partial charge in [-0.25, -0.2) is 13.8 Å². The van der Waals surface area contributed by atoms with Gasteiger partial charge in [-0.15, -0.1) is 0 Å². The van der Waals surface area contributed by atoms with Gasteiger partial charge in [-0.1, -0.05) is 53.5 Å². The fourth-order valence-electron chi connectivity index (χ4n) is 4.31. The molecule has 0 unspecified atom stereocenters. The number of anilines is 1. The molecule has 1 heterocycles. The molecule has 0 spiro atoms. The predicted molar refractivity (Wildman–Crippen MR) is 160 cm³/mol. The molecule has 0 saturated carbocycles. The molecule has 8 nitrogen and oxygen atoms in total. The Morgan fingerprint density at radius 2 is 1.75 bits per heavy atom. The van der Waals surface area contributed by atoms with E-state index in [0.717, 1.165) is 32.5 Å². The number of nitrogens with one attached hydrogen (secondary N) is 1. The van der Waals surface area contributed by atoms with E-state index in [0.29, 0.717) is 15.8 Å². The second-order valence-corrected chi connectivity index (χ2v) is 11.7. The molecule has 40 heavy (non-hydrogen) atoms. The van der Waals surface area contributed by atoms with Crippen LogP contribution in [0.4, 0.5) is 5.69 Å². The number of nitrogens with zero attached hydrogens (tertiary/aromatic N) is 3. The summed E-state index contributed by atoms with van der Waals surface area (Å²) in [5.74, 6) is -0.320. The van der Waals surface area contributed by atoms with E-state index in [9.17, 15) is 13.2 Å². The minimum Gasteiger partial charge on any atom is -0.495 e. The Labute approximate surface area is 243 Å². The van der Waals surface area contributed by atoms with Crippen molar-refractivity contribution in [3.05, 3.63) is 105 Å². The van der Waals surface area contributed by atoms with Crippen molar-refractivity contribution in [2.24, 2.45) is 5.10 Å². The number of carbonyl (C=O) groups excluding carboxylic acids is 1. The lowest BCUT2D eigenvalue weighted by molar-refractivity contribution is -0.119. The van der Waals surface area contributed by atoms with Gasteiger partial charge in [0.05, 0.1) is 39.6 Å². The molecule has 0 aliphatic heterocycles. The van der Waals surface area contributed by atoms with Crippen LogP contribution >= 0.6 is 23.2 Å². The average Bonchev–Trinajstić information content (AvgIpc) is 3.21. The molecule has 1 amide bonds. The van der Waals surface area contributed by atoms with E-state index in [1.807, 2.05) is 43.5 Å². The maximum absolute atomic E-state index is 13.6. The first-order valence-electron chi connectivity index (χ1n) is 12.2. The molecule has 1 N–H and O–H groups in total. The van der Waals surface area contributed by atoms with Crippen LogP contribution in [0.15, 0.2) is 82.8 Å². The van der Waals surface area contributed by atoms with Crippen molar-refractivity contribution in [1.29, 1.82) is 0 Å². The Hall–Kier alpha value is -3.79. The van der Waals surface area contributed by atoms with Crippen molar-refractivity contribution in [2.75, 3.05) is 18.0 Å². The van der Waals surface area contributed by atoms with Gasteiger partial charge in [0, 0.05) is 17.0 Å². The van der Waals surface area contributed by atoms with E-state index in [-0.39, 0.29) is 10.6 Å². The van der Waals surface area contributed by atoms with E-state index < -0.39 is 22.5 Å². The van der Waals surface area contributed by atoms with Crippen molar-refractivity contribution < 1.29 is 17.9 Å². The van der Waals surface area contributed by atoms with E-state index in [1.54, 1.807) is 42.5 Å². The SMILES string of the molecule is COc1ccc(C)cc1N(CC(=O)N/N=C\c1cc(C)n(-c2cccc(Cl)c2Cl)c1C)S(=O)(=O)c1ccccc1. The number of hydrazone groups is 1. The number of ether oxygens (including phenoxy) is 1. The van der Waals surface area contributed by atoms with Gasteiger partial charge in [0.15, 0.2) is 0 Å². The number of methoxy groups -OCH3 is 1. The first-order chi connectivity index (χ1) is 19.0. The quantitative estimate of drug-likeness (QED) is 0.187. The molecule has 0 aliphatic rings. The van der Waals surface area contributed by atoms with E-state index >= 15 is 0 Å². The zero-order valence-corrected chi connectivity index (χ0v) is 24.7. The minimum absolute atomic E-state index is 0.0435. The summed E-state index contributed by atoms with van der Waals surface area (Å²) >= 11 is 12.6. The summed E-state index contributed by atoms with van der Waals surface area (Å²) < 4.78 is 35.7. The highest BCUT2D eigenvalue weighted by atomic mass is 35.5. The van der Waals surface area contributed by atoms with Crippen molar-refractivity contribution in [1.82, 2.24) is 9.99 Å². The van der Waals surface area contributed by atoms with Gasteiger partial charge in [0.2, 0.25) is 0 Å². The first kappa shape index (κ1) is 29.2. The second-order valence-electron chi connectivity index (χ2n) is 9.03. The summed E-state index contributed by atoms with van der Waals surface area (Å²) in [4.78, 5) is 13.1. The maximum atomic E-state index is 13.6. The highest BCUT2D eigenvalue weighted by Gasteiger charge is 2.29. The number of hydrogen-bond acceptors (Lipinski definition) is 5. The third-order valence-electron chi connectivity index (χ3n) is 6.26. The molecular formula is C29H28Cl2N4O4S. The number of sulfonamides is 1. The summed E-state index contributed by atoms with van der Waals surface area (Å²) in [6.07, 6.45) is 1.50. The Morgan fingerprint density at radius 1 is 1.02 bits per heavy atom. The number of rotatable bonds is 9. The average molecular weight is 600 g/mol. The Kier molecular flexibility index (Phi) is 8.88. The number of aromatic nitrogens is 1. The number of hydrogen-bond donors (Lipinski definition) is 1. The van der Waals surface area contributed by atoms with Crippen LogP contribution in [0.5, 0.6) is 5.75 Å². The number of amides is 1. The second kappa shape index (κ2) is 12.2. The molecule has 1 aromatic heterocycles. The lowest BCUT2D eigenvalue weighted by Crippen LogP contribution is -2.39. The van der Waals surface area contributed by atoms with E-state index in [1.165, 1.54) is 25.5 Å². The van der Waals surface area contributed by atoms with Crippen LogP contribution in [0.2, 0.25) is 10.0 Å². The van der Waals surface area contributed by atoms with Gasteiger partial charge < -0.3 is 9.30 Å². The lowest BCUT2D eigenvalue weighted by atomic mass is 10.2. The molecule has 0 saturated heterocycles. The Morgan fingerprint density at radius 3 is 2.45 bits per heavy atom. The van der Waals surface area contributed by atoms with Gasteiger partial charge in [-0.3, -0.25) is 9.10 Å². The molecule has 208 valence electrons. The monoisotopic (exact) mass is 598 g/mol. The zero-order chi connectivity index (χ0) is 29.0. The molecule has 11 heteroatoms. The molecule has 4 aromatic rings. The van der Waals surface area contributed by atoms with Crippen LogP contribution < -0.4 is 14.5 Å². The van der Waals surface area contributed by atoms with Crippen molar-refractivity contribution in [3.8, 4) is 11.4 Å². The van der Waals surface area contributed by atoms with Gasteiger partial charge in [0.25, 0.3) is 15.9 Å². The third kappa shape index (κ3) is 6.01. The summed E-state index contributed by atoms with van der Waals surface area (Å²) in [6, 6.07) is 20.3. The summed E-state index contributed by atoms with van der Waals surface area (Å²) in [7, 11) is -2.67. The summed E-state index contributed by atoms with van der Waals surface area (Å²) in [5, 5.41) is 4.97. The van der Waals surface area contributed by atoms with Crippen LogP contribution in [-0.2, 0) is 14.8 Å². The van der Waals surface area contributed by atoms with Crippen LogP contribution in [0, 0.1) is 20.8 Å². The Bertz CT molecular complexity index is 1690. The normalized spacial score (nSPS) is 11.6. The molecular weight excluding hydrogens is 571 g/mol. The molecule has 0 radical (unpaired) electrons. The van der Waals surface area contributed by atoms with E-state index in [4.69, 9.17) is 27.9 Å². The molecule has 0 bridgehead atoms. The van der Waals surface area contributed by atoms with Gasteiger partial charge in [0.1, 0.15) is 12.3 Å². The first-order valence-corrected chi connectivity index (χ1v) is 14.4. The number of benzene rings is 3. The zero-order valence-electron chi connectivity index (χ0n) is 22.4. The minimum atomic E-state index is -4.11. The number of aryl methyl sites for hydroxylation is 2.